The van der Waals surface area contributed by atoms with E-state index in [0.717, 1.165) is 18.4 Å². The summed E-state index contributed by atoms with van der Waals surface area (Å²) in [5.41, 5.74) is 6.88. The van der Waals surface area contributed by atoms with E-state index in [-0.39, 0.29) is 0 Å². The van der Waals surface area contributed by atoms with Gasteiger partial charge < -0.3 is 15.8 Å². The summed E-state index contributed by atoms with van der Waals surface area (Å²) < 4.78 is 0. The molecule has 0 saturated heterocycles. The van der Waals surface area contributed by atoms with Crippen LogP contribution in [0.2, 0.25) is 0 Å². The van der Waals surface area contributed by atoms with Crippen LogP contribution in [-0.4, -0.2) is 23.6 Å². The Morgan fingerprint density at radius 1 is 1.24 bits per heavy atom. The van der Waals surface area contributed by atoms with E-state index in [1.807, 2.05) is 6.07 Å². The molecule has 1 aromatic rings. The molecule has 0 aromatic heterocycles. The van der Waals surface area contributed by atoms with Crippen LogP contribution in [0.25, 0.3) is 0 Å². The normalized spacial score (nSPS) is 26.6. The van der Waals surface area contributed by atoms with Crippen molar-refractivity contribution in [1.82, 2.24) is 0 Å². The molecule has 21 heavy (non-hydrogen) atoms. The van der Waals surface area contributed by atoms with Gasteiger partial charge in [0.05, 0.1) is 0 Å². The van der Waals surface area contributed by atoms with E-state index < -0.39 is 0 Å². The summed E-state index contributed by atoms with van der Waals surface area (Å²) >= 11 is 0. The van der Waals surface area contributed by atoms with Gasteiger partial charge in [0, 0.05) is 24.7 Å². The Balaban J connectivity index is 2.12. The lowest BCUT2D eigenvalue weighted by Crippen LogP contribution is -2.42. The van der Waals surface area contributed by atoms with Crippen LogP contribution in [0.5, 0.6) is 0 Å². The molecule has 0 radical (unpaired) electrons. The Bertz CT molecular complexity index is 460. The van der Waals surface area contributed by atoms with Gasteiger partial charge in [0.25, 0.3) is 0 Å². The zero-order chi connectivity index (χ0) is 15.2. The van der Waals surface area contributed by atoms with E-state index in [2.05, 4.69) is 48.2 Å². The topological polar surface area (TPSA) is 61.8 Å². The summed E-state index contributed by atoms with van der Waals surface area (Å²) in [6, 6.07) is 11.0. The van der Waals surface area contributed by atoms with Gasteiger partial charge in [-0.15, -0.1) is 0 Å². The largest absolute Gasteiger partial charge is 0.409 e. The van der Waals surface area contributed by atoms with Crippen LogP contribution in [0.1, 0.15) is 39.5 Å². The minimum absolute atomic E-state index is 0.299. The molecule has 116 valence electrons. The lowest BCUT2D eigenvalue weighted by atomic mass is 9.78. The summed E-state index contributed by atoms with van der Waals surface area (Å²) in [5.74, 6) is 1.86. The van der Waals surface area contributed by atoms with Gasteiger partial charge in [-0.25, -0.2) is 0 Å². The smallest absolute Gasteiger partial charge is 0.140 e. The third-order valence-electron chi connectivity index (χ3n) is 4.84. The van der Waals surface area contributed by atoms with Crippen molar-refractivity contribution < 1.29 is 5.21 Å². The van der Waals surface area contributed by atoms with Gasteiger partial charge >= 0.3 is 0 Å². The number of anilines is 1. The summed E-state index contributed by atoms with van der Waals surface area (Å²) in [6.07, 6.45) is 4.30. The third-order valence-corrected chi connectivity index (χ3v) is 4.84. The zero-order valence-electron chi connectivity index (χ0n) is 13.1. The second-order valence-corrected chi connectivity index (χ2v) is 6.29. The number of nitrogens with zero attached hydrogens (tertiary/aromatic N) is 2. The summed E-state index contributed by atoms with van der Waals surface area (Å²) in [4.78, 5) is 2.43. The van der Waals surface area contributed by atoms with Gasteiger partial charge in [-0.1, -0.05) is 37.2 Å². The van der Waals surface area contributed by atoms with Crippen LogP contribution in [0.15, 0.2) is 35.5 Å². The van der Waals surface area contributed by atoms with Crippen molar-refractivity contribution >= 4 is 11.5 Å². The maximum atomic E-state index is 8.75. The van der Waals surface area contributed by atoms with Gasteiger partial charge in [-0.3, -0.25) is 0 Å². The number of hydrogen-bond acceptors (Lipinski definition) is 3. The second-order valence-electron chi connectivity index (χ2n) is 6.29. The molecular formula is C17H27N3O. The Hall–Kier alpha value is -1.71. The van der Waals surface area contributed by atoms with Crippen molar-refractivity contribution in [1.29, 1.82) is 0 Å². The predicted octanol–water partition coefficient (Wildman–Crippen LogP) is 3.45. The quantitative estimate of drug-likeness (QED) is 0.378. The molecule has 3 N–H and O–H groups in total. The number of hydrogen-bond donors (Lipinski definition) is 2. The lowest BCUT2D eigenvalue weighted by molar-refractivity contribution is 0.244. The van der Waals surface area contributed by atoms with Crippen molar-refractivity contribution in [3.8, 4) is 0 Å². The number of benzene rings is 1. The van der Waals surface area contributed by atoms with E-state index in [1.54, 1.807) is 0 Å². The summed E-state index contributed by atoms with van der Waals surface area (Å²) in [5, 5.41) is 11.8. The highest BCUT2D eigenvalue weighted by Crippen LogP contribution is 2.34. The molecule has 3 atom stereocenters. The van der Waals surface area contributed by atoms with Crippen molar-refractivity contribution in [2.75, 3.05) is 11.4 Å². The van der Waals surface area contributed by atoms with Crippen LogP contribution in [0.3, 0.4) is 0 Å². The Kier molecular flexibility index (Phi) is 5.48. The highest BCUT2D eigenvalue weighted by Gasteiger charge is 2.28. The van der Waals surface area contributed by atoms with Crippen LogP contribution in [0.4, 0.5) is 5.69 Å². The lowest BCUT2D eigenvalue weighted by Gasteiger charge is -2.40. The average molecular weight is 289 g/mol. The first-order valence-electron chi connectivity index (χ1n) is 7.90. The zero-order valence-corrected chi connectivity index (χ0v) is 13.1. The van der Waals surface area contributed by atoms with E-state index in [9.17, 15) is 0 Å². The second kappa shape index (κ2) is 7.34. The number of amidine groups is 1. The van der Waals surface area contributed by atoms with Gasteiger partial charge in [0.1, 0.15) is 5.84 Å². The molecule has 1 saturated carbocycles. The molecule has 0 spiro atoms. The highest BCUT2D eigenvalue weighted by atomic mass is 16.4. The highest BCUT2D eigenvalue weighted by molar-refractivity contribution is 5.80. The molecule has 2 rings (SSSR count). The molecule has 4 heteroatoms. The first-order valence-corrected chi connectivity index (χ1v) is 7.90. The fraction of sp³-hybridized carbons (Fsp3) is 0.588. The SMILES string of the molecule is CC1CCC(N(CCC(N)=NO)c2ccccc2)CC1C. The number of oxime groups is 1. The predicted molar refractivity (Wildman–Crippen MR) is 87.8 cm³/mol. The fourth-order valence-electron chi connectivity index (χ4n) is 3.23. The Labute approximate surface area is 127 Å². The first kappa shape index (κ1) is 15.7. The van der Waals surface area contributed by atoms with Crippen molar-refractivity contribution in [2.24, 2.45) is 22.7 Å². The molecule has 0 aliphatic heterocycles. The van der Waals surface area contributed by atoms with Gasteiger partial charge in [0.2, 0.25) is 0 Å². The van der Waals surface area contributed by atoms with Crippen molar-refractivity contribution in [3.05, 3.63) is 30.3 Å². The monoisotopic (exact) mass is 289 g/mol. The summed E-state index contributed by atoms with van der Waals surface area (Å²) in [7, 11) is 0. The van der Waals surface area contributed by atoms with E-state index >= 15 is 0 Å². The fourth-order valence-corrected chi connectivity index (χ4v) is 3.23. The minimum atomic E-state index is 0.299. The first-order chi connectivity index (χ1) is 10.1. The van der Waals surface area contributed by atoms with E-state index in [1.165, 1.54) is 24.9 Å². The Morgan fingerprint density at radius 3 is 2.57 bits per heavy atom. The van der Waals surface area contributed by atoms with Crippen LogP contribution >= 0.6 is 0 Å². The molecule has 0 amide bonds. The van der Waals surface area contributed by atoms with Gasteiger partial charge in [-0.05, 0) is 43.2 Å². The maximum Gasteiger partial charge on any atom is 0.140 e. The summed E-state index contributed by atoms with van der Waals surface area (Å²) in [6.45, 7) is 5.50. The molecule has 1 aliphatic carbocycles. The minimum Gasteiger partial charge on any atom is -0.409 e. The molecular weight excluding hydrogens is 262 g/mol. The molecule has 3 unspecified atom stereocenters. The van der Waals surface area contributed by atoms with E-state index in [0.29, 0.717) is 18.3 Å². The van der Waals surface area contributed by atoms with Crippen molar-refractivity contribution in [2.45, 2.75) is 45.6 Å². The molecule has 1 aromatic carbocycles. The standard InChI is InChI=1S/C17H27N3O/c1-13-8-9-16(12-14(13)2)20(11-10-17(18)19-21)15-6-4-3-5-7-15/h3-7,13-14,16,21H,8-12H2,1-2H3,(H2,18,19). The van der Waals surface area contributed by atoms with Crippen LogP contribution in [-0.2, 0) is 0 Å². The number of para-hydroxylation sites is 1. The third kappa shape index (κ3) is 4.13. The average Bonchev–Trinajstić information content (AvgIpc) is 2.51. The van der Waals surface area contributed by atoms with Crippen molar-refractivity contribution in [3.63, 3.8) is 0 Å². The molecule has 1 fully saturated rings. The van der Waals surface area contributed by atoms with Crippen LogP contribution < -0.4 is 10.6 Å². The molecule has 0 heterocycles. The number of nitrogens with two attached hydrogens (primary N) is 1. The van der Waals surface area contributed by atoms with Gasteiger partial charge in [0.15, 0.2) is 0 Å². The maximum absolute atomic E-state index is 8.75. The van der Waals surface area contributed by atoms with Gasteiger partial charge in [-0.2, -0.15) is 0 Å². The van der Waals surface area contributed by atoms with E-state index in [4.69, 9.17) is 10.9 Å². The molecule has 0 bridgehead atoms. The molecule has 4 nitrogen and oxygen atoms in total. The molecule has 1 aliphatic rings. The van der Waals surface area contributed by atoms with Crippen LogP contribution in [0, 0.1) is 11.8 Å². The Morgan fingerprint density at radius 2 is 1.95 bits per heavy atom. The number of rotatable bonds is 5.